The van der Waals surface area contributed by atoms with Gasteiger partial charge >= 0.3 is 0 Å². The third-order valence-corrected chi connectivity index (χ3v) is 6.40. The first-order valence-electron chi connectivity index (χ1n) is 9.62. The molecule has 6 nitrogen and oxygen atoms in total. The number of halogens is 1. The van der Waals surface area contributed by atoms with Gasteiger partial charge in [0.25, 0.3) is 5.19 Å². The minimum Gasteiger partial charge on any atom is -0.464 e. The number of carbonyl (C=O) groups excluding carboxylic acids is 1. The zero-order valence-electron chi connectivity index (χ0n) is 16.0. The minimum atomic E-state index is 0.0519. The summed E-state index contributed by atoms with van der Waals surface area (Å²) in [4.78, 5) is 23.0. The number of fused-ring (bicyclic) bond motifs is 3. The number of amides is 1. The van der Waals surface area contributed by atoms with E-state index in [4.69, 9.17) is 20.8 Å². The molecule has 152 valence electrons. The smallest absolute Gasteiger partial charge is 0.281 e. The number of nitrogens with zero attached hydrogens (tertiary/aromatic N) is 3. The van der Waals surface area contributed by atoms with E-state index < -0.39 is 0 Å². The van der Waals surface area contributed by atoms with Gasteiger partial charge in [0.2, 0.25) is 5.91 Å². The van der Waals surface area contributed by atoms with Crippen LogP contribution in [-0.4, -0.2) is 15.9 Å². The molecule has 3 aromatic heterocycles. The number of ether oxygens (including phenoxy) is 1. The second-order valence-electron chi connectivity index (χ2n) is 7.26. The number of hydrogen-bond acceptors (Lipinski definition) is 6. The van der Waals surface area contributed by atoms with Crippen LogP contribution in [0.3, 0.4) is 0 Å². The summed E-state index contributed by atoms with van der Waals surface area (Å²) in [5.74, 6) is 0.681. The van der Waals surface area contributed by atoms with E-state index in [0.717, 1.165) is 26.9 Å². The first kappa shape index (κ1) is 18.4. The van der Waals surface area contributed by atoms with E-state index in [9.17, 15) is 4.79 Å². The molecule has 2 aromatic carbocycles. The van der Waals surface area contributed by atoms with Crippen molar-refractivity contribution in [2.75, 3.05) is 4.90 Å². The molecule has 0 saturated carbocycles. The molecule has 31 heavy (non-hydrogen) atoms. The van der Waals surface area contributed by atoms with Crippen LogP contribution in [0.2, 0.25) is 5.02 Å². The Balaban J connectivity index is 1.27. The number of furan rings is 1. The van der Waals surface area contributed by atoms with Gasteiger partial charge in [-0.2, -0.15) is 4.98 Å². The second-order valence-corrected chi connectivity index (χ2v) is 8.69. The zero-order valence-corrected chi connectivity index (χ0v) is 17.6. The van der Waals surface area contributed by atoms with Gasteiger partial charge in [-0.15, -0.1) is 0 Å². The Morgan fingerprint density at radius 1 is 1.19 bits per heavy atom. The predicted molar refractivity (Wildman–Crippen MR) is 120 cm³/mol. The summed E-state index contributed by atoms with van der Waals surface area (Å²) < 4.78 is 12.7. The highest BCUT2D eigenvalue weighted by Crippen LogP contribution is 2.36. The number of pyridine rings is 1. The summed E-state index contributed by atoms with van der Waals surface area (Å²) in [5, 5.41) is 2.10. The maximum absolute atomic E-state index is 12.6. The van der Waals surface area contributed by atoms with Crippen molar-refractivity contribution in [3.05, 3.63) is 77.1 Å². The van der Waals surface area contributed by atoms with E-state index in [2.05, 4.69) is 9.97 Å². The van der Waals surface area contributed by atoms with E-state index >= 15 is 0 Å². The SMILES string of the molecule is O=C1Cc2cc(Cl)ccc2N1Cc1coc2cc(Oc3nc4ncccc4s3)ccc12. The van der Waals surface area contributed by atoms with Crippen molar-refractivity contribution in [2.24, 2.45) is 0 Å². The lowest BCUT2D eigenvalue weighted by Gasteiger charge is -2.16. The molecule has 4 heterocycles. The topological polar surface area (TPSA) is 68.5 Å². The molecule has 0 atom stereocenters. The molecule has 0 fully saturated rings. The summed E-state index contributed by atoms with van der Waals surface area (Å²) >= 11 is 7.51. The van der Waals surface area contributed by atoms with Crippen LogP contribution in [0.1, 0.15) is 11.1 Å². The summed E-state index contributed by atoms with van der Waals surface area (Å²) in [6, 6.07) is 15.0. The molecular formula is C23H14ClN3O3S. The number of carbonyl (C=O) groups is 1. The Kier molecular flexibility index (Phi) is 4.19. The van der Waals surface area contributed by atoms with Gasteiger partial charge in [0, 0.05) is 33.9 Å². The van der Waals surface area contributed by atoms with Gasteiger partial charge in [-0.3, -0.25) is 4.79 Å². The lowest BCUT2D eigenvalue weighted by Crippen LogP contribution is -2.25. The van der Waals surface area contributed by atoms with Crippen molar-refractivity contribution in [1.82, 2.24) is 9.97 Å². The molecule has 0 unspecified atom stereocenters. The largest absolute Gasteiger partial charge is 0.464 e. The van der Waals surface area contributed by atoms with Gasteiger partial charge in [-0.05, 0) is 48.0 Å². The lowest BCUT2D eigenvalue weighted by atomic mass is 10.1. The number of hydrogen-bond donors (Lipinski definition) is 0. The third-order valence-electron chi connectivity index (χ3n) is 5.28. The first-order valence-corrected chi connectivity index (χ1v) is 10.8. The van der Waals surface area contributed by atoms with Gasteiger partial charge in [0.1, 0.15) is 11.3 Å². The fraction of sp³-hybridized carbons (Fsp3) is 0.0870. The summed E-state index contributed by atoms with van der Waals surface area (Å²) in [6.45, 7) is 0.435. The molecular weight excluding hydrogens is 434 g/mol. The monoisotopic (exact) mass is 447 g/mol. The van der Waals surface area contributed by atoms with Crippen LogP contribution in [0.25, 0.3) is 21.3 Å². The van der Waals surface area contributed by atoms with Crippen molar-refractivity contribution < 1.29 is 13.9 Å². The fourth-order valence-corrected chi connectivity index (χ4v) is 4.83. The van der Waals surface area contributed by atoms with Crippen LogP contribution in [0.4, 0.5) is 5.69 Å². The number of benzene rings is 2. The molecule has 0 spiro atoms. The van der Waals surface area contributed by atoms with Crippen molar-refractivity contribution >= 4 is 55.8 Å². The van der Waals surface area contributed by atoms with Gasteiger partial charge in [0.05, 0.1) is 23.9 Å². The van der Waals surface area contributed by atoms with Gasteiger partial charge in [-0.1, -0.05) is 22.9 Å². The van der Waals surface area contributed by atoms with E-state index in [1.165, 1.54) is 11.3 Å². The Labute approximate surface area is 185 Å². The standard InChI is InChI=1S/C23H14ClN3O3S/c24-15-3-6-18-13(8-15)9-21(28)27(18)11-14-12-29-19-10-16(4-5-17(14)19)30-23-26-22-20(31-23)2-1-7-25-22/h1-8,10,12H,9,11H2. The second kappa shape index (κ2) is 7.08. The molecule has 0 radical (unpaired) electrons. The Morgan fingerprint density at radius 3 is 3.03 bits per heavy atom. The van der Waals surface area contributed by atoms with Crippen LogP contribution in [0.5, 0.6) is 10.9 Å². The maximum Gasteiger partial charge on any atom is 0.281 e. The van der Waals surface area contributed by atoms with Gasteiger partial charge in [-0.25, -0.2) is 4.98 Å². The number of thiazole rings is 1. The average molecular weight is 448 g/mol. The quantitative estimate of drug-likeness (QED) is 0.339. The van der Waals surface area contributed by atoms with Crippen LogP contribution < -0.4 is 9.64 Å². The highest BCUT2D eigenvalue weighted by Gasteiger charge is 2.28. The van der Waals surface area contributed by atoms with Gasteiger partial charge in [0.15, 0.2) is 5.65 Å². The number of anilines is 1. The molecule has 0 saturated heterocycles. The minimum absolute atomic E-state index is 0.0519. The molecule has 0 bridgehead atoms. The van der Waals surface area contributed by atoms with Gasteiger partial charge < -0.3 is 14.1 Å². The van der Waals surface area contributed by atoms with Crippen LogP contribution in [0, 0.1) is 0 Å². The van der Waals surface area contributed by atoms with Crippen molar-refractivity contribution in [3.63, 3.8) is 0 Å². The number of aromatic nitrogens is 2. The van der Waals surface area contributed by atoms with Crippen molar-refractivity contribution in [3.8, 4) is 10.9 Å². The number of rotatable bonds is 4. The highest BCUT2D eigenvalue weighted by atomic mass is 35.5. The van der Waals surface area contributed by atoms with Crippen LogP contribution in [-0.2, 0) is 17.8 Å². The third kappa shape index (κ3) is 3.22. The summed E-state index contributed by atoms with van der Waals surface area (Å²) in [6.07, 6.45) is 3.76. The van der Waals surface area contributed by atoms with Crippen LogP contribution in [0.15, 0.2) is 65.4 Å². The molecule has 1 aliphatic heterocycles. The molecule has 6 rings (SSSR count). The predicted octanol–water partition coefficient (Wildman–Crippen LogP) is 5.97. The average Bonchev–Trinajstić information content (AvgIpc) is 3.43. The van der Waals surface area contributed by atoms with E-state index in [1.807, 2.05) is 42.5 Å². The van der Waals surface area contributed by atoms with Crippen molar-refractivity contribution in [2.45, 2.75) is 13.0 Å². The molecule has 0 N–H and O–H groups in total. The molecule has 8 heteroatoms. The molecule has 1 amide bonds. The Bertz CT molecular complexity index is 1440. The summed E-state index contributed by atoms with van der Waals surface area (Å²) in [5.41, 5.74) is 4.14. The molecule has 1 aliphatic rings. The van der Waals surface area contributed by atoms with E-state index in [1.54, 1.807) is 23.4 Å². The zero-order chi connectivity index (χ0) is 20.9. The normalized spacial score (nSPS) is 13.3. The van der Waals surface area contributed by atoms with E-state index in [0.29, 0.717) is 40.2 Å². The summed E-state index contributed by atoms with van der Waals surface area (Å²) in [7, 11) is 0. The fourth-order valence-electron chi connectivity index (χ4n) is 3.84. The Hall–Kier alpha value is -3.42. The first-order chi connectivity index (χ1) is 15.1. The maximum atomic E-state index is 12.6. The van der Waals surface area contributed by atoms with Crippen LogP contribution >= 0.6 is 22.9 Å². The van der Waals surface area contributed by atoms with Crippen molar-refractivity contribution in [1.29, 1.82) is 0 Å². The highest BCUT2D eigenvalue weighted by molar-refractivity contribution is 7.20. The molecule has 5 aromatic rings. The lowest BCUT2D eigenvalue weighted by molar-refractivity contribution is -0.117. The Morgan fingerprint density at radius 2 is 2.13 bits per heavy atom. The van der Waals surface area contributed by atoms with E-state index in [-0.39, 0.29) is 5.91 Å². The molecule has 0 aliphatic carbocycles.